The maximum Gasteiger partial charge on any atom is 0.252 e. The van der Waals surface area contributed by atoms with E-state index in [0.717, 1.165) is 22.2 Å². The van der Waals surface area contributed by atoms with Gasteiger partial charge in [0.2, 0.25) is 0 Å². The lowest BCUT2D eigenvalue weighted by Gasteiger charge is -2.31. The molecule has 5 rings (SSSR count). The van der Waals surface area contributed by atoms with Gasteiger partial charge in [-0.05, 0) is 47.0 Å². The topological polar surface area (TPSA) is 103 Å². The largest absolute Gasteiger partial charge is 0.336 e. The third kappa shape index (κ3) is 3.69. The summed E-state index contributed by atoms with van der Waals surface area (Å²) < 4.78 is 3.37. The van der Waals surface area contributed by atoms with Gasteiger partial charge >= 0.3 is 0 Å². The number of imidazole rings is 1. The zero-order chi connectivity index (χ0) is 24.7. The van der Waals surface area contributed by atoms with Crippen molar-refractivity contribution in [2.75, 3.05) is 0 Å². The second kappa shape index (κ2) is 8.51. The molecule has 7 nitrogen and oxygen atoms in total. The number of nitriles is 1. The van der Waals surface area contributed by atoms with Crippen LogP contribution in [0.3, 0.4) is 0 Å². The molecule has 8 heteroatoms. The molecule has 0 saturated heterocycles. The van der Waals surface area contributed by atoms with Gasteiger partial charge in [0, 0.05) is 42.3 Å². The Bertz CT molecular complexity index is 1680. The number of hydrogen-bond acceptors (Lipinski definition) is 5. The summed E-state index contributed by atoms with van der Waals surface area (Å²) in [6, 6.07) is 20.2. The first-order valence-corrected chi connectivity index (χ1v) is 11.2. The van der Waals surface area contributed by atoms with Crippen LogP contribution in [-0.4, -0.2) is 19.1 Å². The van der Waals surface area contributed by atoms with E-state index < -0.39 is 5.54 Å². The van der Waals surface area contributed by atoms with Crippen molar-refractivity contribution in [3.05, 3.63) is 117 Å². The Balaban J connectivity index is 1.84. The predicted octanol–water partition coefficient (Wildman–Crippen LogP) is 4.11. The highest BCUT2D eigenvalue weighted by molar-refractivity contribution is 6.30. The smallest absolute Gasteiger partial charge is 0.252 e. The van der Waals surface area contributed by atoms with Crippen LogP contribution in [0, 0.1) is 11.3 Å². The summed E-state index contributed by atoms with van der Waals surface area (Å²) in [6.45, 7) is 0. The van der Waals surface area contributed by atoms with Gasteiger partial charge in [0.15, 0.2) is 0 Å². The minimum Gasteiger partial charge on any atom is -0.336 e. The van der Waals surface area contributed by atoms with E-state index in [9.17, 15) is 10.1 Å². The zero-order valence-corrected chi connectivity index (χ0v) is 19.9. The lowest BCUT2D eigenvalue weighted by atomic mass is 9.81. The van der Waals surface area contributed by atoms with E-state index in [2.05, 4.69) is 16.0 Å². The van der Waals surface area contributed by atoms with Crippen LogP contribution < -0.4 is 11.3 Å². The first kappa shape index (κ1) is 22.5. The van der Waals surface area contributed by atoms with Gasteiger partial charge in [0.25, 0.3) is 5.56 Å². The van der Waals surface area contributed by atoms with Crippen molar-refractivity contribution in [3.63, 3.8) is 0 Å². The van der Waals surface area contributed by atoms with E-state index in [1.165, 1.54) is 4.57 Å². The number of fused-ring (bicyclic) bond motifs is 1. The number of halogens is 1. The van der Waals surface area contributed by atoms with Crippen LogP contribution in [0.4, 0.5) is 0 Å². The van der Waals surface area contributed by atoms with Crippen molar-refractivity contribution >= 4 is 22.6 Å². The predicted molar refractivity (Wildman–Crippen MR) is 136 cm³/mol. The Morgan fingerprint density at radius 3 is 2.49 bits per heavy atom. The van der Waals surface area contributed by atoms with Crippen molar-refractivity contribution in [2.24, 2.45) is 19.8 Å². The van der Waals surface area contributed by atoms with Gasteiger partial charge in [-0.3, -0.25) is 9.36 Å². The van der Waals surface area contributed by atoms with Gasteiger partial charge in [0.1, 0.15) is 11.2 Å². The number of nitrogens with zero attached hydrogens (tertiary/aromatic N) is 5. The first-order valence-electron chi connectivity index (χ1n) is 10.9. The molecule has 0 aliphatic rings. The van der Waals surface area contributed by atoms with Crippen LogP contribution in [0.2, 0.25) is 5.02 Å². The van der Waals surface area contributed by atoms with Gasteiger partial charge in [-0.2, -0.15) is 5.26 Å². The molecule has 0 unspecified atom stereocenters. The molecule has 172 valence electrons. The number of aromatic nitrogens is 4. The summed E-state index contributed by atoms with van der Waals surface area (Å²) in [4.78, 5) is 21.7. The molecular formula is C27H21ClN6O. The van der Waals surface area contributed by atoms with Crippen LogP contribution in [0.1, 0.15) is 22.4 Å². The number of hydrogen-bond donors (Lipinski definition) is 1. The maximum atomic E-state index is 12.8. The molecule has 0 bridgehead atoms. The molecule has 0 aliphatic heterocycles. The average molecular weight is 481 g/mol. The van der Waals surface area contributed by atoms with Gasteiger partial charge in [-0.1, -0.05) is 35.9 Å². The summed E-state index contributed by atoms with van der Waals surface area (Å²) >= 11 is 6.16. The Kier molecular flexibility index (Phi) is 5.48. The molecule has 5 aromatic rings. The van der Waals surface area contributed by atoms with Crippen LogP contribution in [-0.2, 0) is 19.6 Å². The molecular weight excluding hydrogens is 460 g/mol. The SMILES string of the molecule is Cn1cncc1[C@@](N)(c1ccc(Cl)cc1)c1cnc2c(c1)c(-c1cccc(C#N)c1)cc(=O)n2C. The molecule has 0 radical (unpaired) electrons. The molecule has 0 saturated carbocycles. The number of aryl methyl sites for hydroxylation is 2. The third-order valence-corrected chi connectivity index (χ3v) is 6.60. The molecule has 1 atom stereocenters. The molecule has 3 aromatic heterocycles. The van der Waals surface area contributed by atoms with Crippen LogP contribution in [0.5, 0.6) is 0 Å². The summed E-state index contributed by atoms with van der Waals surface area (Å²) in [5.74, 6) is 0. The van der Waals surface area contributed by atoms with E-state index in [-0.39, 0.29) is 5.56 Å². The lowest BCUT2D eigenvalue weighted by Crippen LogP contribution is -2.41. The summed E-state index contributed by atoms with van der Waals surface area (Å²) in [5, 5.41) is 10.7. The maximum absolute atomic E-state index is 12.8. The normalized spacial score (nSPS) is 12.9. The molecule has 0 spiro atoms. The molecule has 2 aromatic carbocycles. The fourth-order valence-corrected chi connectivity index (χ4v) is 4.57. The fraction of sp³-hybridized carbons (Fsp3) is 0.111. The van der Waals surface area contributed by atoms with Crippen molar-refractivity contribution in [3.8, 4) is 17.2 Å². The minimum absolute atomic E-state index is 0.196. The fourth-order valence-electron chi connectivity index (χ4n) is 4.45. The standard InChI is InChI=1S/C27H21ClN6O/c1-33-16-31-15-24(33)27(30,19-6-8-21(28)9-7-19)20-11-23-22(18-5-3-4-17(10-18)13-29)12-25(35)34(2)26(23)32-14-20/h3-12,14-16H,30H2,1-2H3/t27-/m1/s1. The Labute approximate surface area is 206 Å². The van der Waals surface area contributed by atoms with E-state index in [1.807, 2.05) is 35.9 Å². The Morgan fingerprint density at radius 1 is 1.03 bits per heavy atom. The summed E-state index contributed by atoms with van der Waals surface area (Å²) in [5.41, 5.74) is 10.6. The van der Waals surface area contributed by atoms with Crippen molar-refractivity contribution in [2.45, 2.75) is 5.54 Å². The van der Waals surface area contributed by atoms with Gasteiger partial charge in [-0.15, -0.1) is 0 Å². The van der Waals surface area contributed by atoms with E-state index >= 15 is 0 Å². The highest BCUT2D eigenvalue weighted by Crippen LogP contribution is 2.37. The summed E-state index contributed by atoms with van der Waals surface area (Å²) in [6.07, 6.45) is 5.12. The van der Waals surface area contributed by atoms with E-state index in [0.29, 0.717) is 27.4 Å². The Hall–Kier alpha value is -4.25. The molecule has 35 heavy (non-hydrogen) atoms. The van der Waals surface area contributed by atoms with Crippen LogP contribution >= 0.6 is 11.6 Å². The number of rotatable bonds is 4. The summed E-state index contributed by atoms with van der Waals surface area (Å²) in [7, 11) is 3.57. The number of benzene rings is 2. The van der Waals surface area contributed by atoms with Crippen molar-refractivity contribution < 1.29 is 0 Å². The van der Waals surface area contributed by atoms with Crippen LogP contribution in [0.15, 0.2) is 84.2 Å². The van der Waals surface area contributed by atoms with Gasteiger partial charge in [0.05, 0.1) is 29.9 Å². The molecule has 0 fully saturated rings. The average Bonchev–Trinajstić information content (AvgIpc) is 3.32. The molecule has 0 amide bonds. The van der Waals surface area contributed by atoms with Crippen LogP contribution in [0.25, 0.3) is 22.2 Å². The molecule has 3 heterocycles. The van der Waals surface area contributed by atoms with Crippen molar-refractivity contribution in [1.29, 1.82) is 5.26 Å². The second-order valence-electron chi connectivity index (χ2n) is 8.45. The van der Waals surface area contributed by atoms with Gasteiger partial charge < -0.3 is 10.3 Å². The molecule has 2 N–H and O–H groups in total. The number of pyridine rings is 2. The zero-order valence-electron chi connectivity index (χ0n) is 19.1. The second-order valence-corrected chi connectivity index (χ2v) is 8.88. The number of nitrogens with two attached hydrogens (primary N) is 1. The van der Waals surface area contributed by atoms with E-state index in [1.54, 1.807) is 62.2 Å². The first-order chi connectivity index (χ1) is 16.8. The van der Waals surface area contributed by atoms with E-state index in [4.69, 9.17) is 17.3 Å². The Morgan fingerprint density at radius 2 is 1.80 bits per heavy atom. The van der Waals surface area contributed by atoms with Crippen molar-refractivity contribution in [1.82, 2.24) is 19.1 Å². The third-order valence-electron chi connectivity index (χ3n) is 6.35. The monoisotopic (exact) mass is 480 g/mol. The highest BCUT2D eigenvalue weighted by atomic mass is 35.5. The quantitative estimate of drug-likeness (QED) is 0.417. The lowest BCUT2D eigenvalue weighted by molar-refractivity contribution is 0.594. The molecule has 0 aliphatic carbocycles. The van der Waals surface area contributed by atoms with Gasteiger partial charge in [-0.25, -0.2) is 9.97 Å². The minimum atomic E-state index is -1.10. The highest BCUT2D eigenvalue weighted by Gasteiger charge is 2.35.